The number of carbonyl (C=O) groups is 1. The van der Waals surface area contributed by atoms with Crippen molar-refractivity contribution in [2.45, 2.75) is 13.5 Å². The van der Waals surface area contributed by atoms with Crippen molar-refractivity contribution < 1.29 is 23.1 Å². The molecule has 0 aliphatic rings. The fourth-order valence-electron chi connectivity index (χ4n) is 1.90. The molecular weight excluding hydrogens is 398 g/mol. The fraction of sp³-hybridized carbons (Fsp3) is 0.176. The molecule has 0 fully saturated rings. The second-order valence-corrected chi connectivity index (χ2v) is 5.79. The van der Waals surface area contributed by atoms with Crippen LogP contribution >= 0.6 is 15.9 Å². The van der Waals surface area contributed by atoms with Crippen molar-refractivity contribution >= 4 is 33.7 Å². The van der Waals surface area contributed by atoms with E-state index in [0.29, 0.717) is 11.3 Å². The molecule has 0 radical (unpaired) electrons. The summed E-state index contributed by atoms with van der Waals surface area (Å²) >= 11 is 3.38. The summed E-state index contributed by atoms with van der Waals surface area (Å²) in [5, 5.41) is 6.27. The highest BCUT2D eigenvalue weighted by molar-refractivity contribution is 9.10. The molecule has 5 nitrogen and oxygen atoms in total. The number of rotatable bonds is 7. The smallest absolute Gasteiger partial charge is 0.387 e. The number of oxime groups is 1. The van der Waals surface area contributed by atoms with Crippen molar-refractivity contribution in [3.05, 3.63) is 58.1 Å². The van der Waals surface area contributed by atoms with Crippen molar-refractivity contribution in [3.8, 4) is 5.75 Å². The number of hydrogen-bond donors (Lipinski definition) is 1. The van der Waals surface area contributed by atoms with Crippen LogP contribution in [0.3, 0.4) is 0 Å². The number of aryl methyl sites for hydroxylation is 1. The van der Waals surface area contributed by atoms with E-state index >= 15 is 0 Å². The van der Waals surface area contributed by atoms with E-state index in [9.17, 15) is 13.6 Å². The molecule has 0 aliphatic carbocycles. The lowest BCUT2D eigenvalue weighted by Gasteiger charge is -2.07. The Hall–Kier alpha value is -2.48. The van der Waals surface area contributed by atoms with Gasteiger partial charge in [-0.2, -0.15) is 8.78 Å². The fourth-order valence-corrected chi connectivity index (χ4v) is 2.15. The molecule has 0 aliphatic heterocycles. The number of ether oxygens (including phenoxy) is 1. The molecule has 0 heterocycles. The molecule has 2 rings (SSSR count). The molecule has 25 heavy (non-hydrogen) atoms. The SMILES string of the molecule is Cc1cc(NC(=O)CO/N=C/c2ccccc2OC(F)F)ccc1Br. The molecule has 0 unspecified atom stereocenters. The first-order valence-electron chi connectivity index (χ1n) is 7.21. The zero-order valence-electron chi connectivity index (χ0n) is 13.2. The van der Waals surface area contributed by atoms with Gasteiger partial charge in [-0.25, -0.2) is 0 Å². The van der Waals surface area contributed by atoms with Gasteiger partial charge in [-0.15, -0.1) is 0 Å². The second kappa shape index (κ2) is 9.12. The molecule has 0 bridgehead atoms. The van der Waals surface area contributed by atoms with Gasteiger partial charge < -0.3 is 14.9 Å². The van der Waals surface area contributed by atoms with E-state index in [2.05, 4.69) is 31.1 Å². The van der Waals surface area contributed by atoms with Crippen LogP contribution in [0.15, 0.2) is 52.1 Å². The maximum atomic E-state index is 12.3. The average Bonchev–Trinajstić information content (AvgIpc) is 2.56. The Morgan fingerprint density at radius 3 is 2.80 bits per heavy atom. The quantitative estimate of drug-likeness (QED) is 0.543. The van der Waals surface area contributed by atoms with Gasteiger partial charge in [0, 0.05) is 15.7 Å². The van der Waals surface area contributed by atoms with E-state index in [1.807, 2.05) is 19.1 Å². The predicted molar refractivity (Wildman–Crippen MR) is 94.1 cm³/mol. The molecule has 0 aromatic heterocycles. The Morgan fingerprint density at radius 1 is 1.32 bits per heavy atom. The summed E-state index contributed by atoms with van der Waals surface area (Å²) in [5.41, 5.74) is 1.92. The van der Waals surface area contributed by atoms with Crippen LogP contribution in [0.5, 0.6) is 5.75 Å². The molecule has 8 heteroatoms. The molecule has 132 valence electrons. The number of alkyl halides is 2. The normalized spacial score (nSPS) is 10.9. The predicted octanol–water partition coefficient (Wildman–Crippen LogP) is 4.35. The number of carbonyl (C=O) groups excluding carboxylic acids is 1. The number of benzene rings is 2. The maximum Gasteiger partial charge on any atom is 0.387 e. The van der Waals surface area contributed by atoms with E-state index in [4.69, 9.17) is 4.84 Å². The molecular formula is C17H15BrF2N2O3. The number of amides is 1. The van der Waals surface area contributed by atoms with E-state index in [1.54, 1.807) is 18.2 Å². The van der Waals surface area contributed by atoms with Crippen LogP contribution in [-0.4, -0.2) is 25.3 Å². The summed E-state index contributed by atoms with van der Waals surface area (Å²) in [6, 6.07) is 11.5. The van der Waals surface area contributed by atoms with Gasteiger partial charge >= 0.3 is 6.61 Å². The van der Waals surface area contributed by atoms with Gasteiger partial charge in [0.15, 0.2) is 6.61 Å². The van der Waals surface area contributed by atoms with Gasteiger partial charge in [0.2, 0.25) is 0 Å². The number of nitrogens with zero attached hydrogens (tertiary/aromatic N) is 1. The van der Waals surface area contributed by atoms with Crippen LogP contribution in [0.25, 0.3) is 0 Å². The number of para-hydroxylation sites is 1. The number of hydrogen-bond acceptors (Lipinski definition) is 4. The monoisotopic (exact) mass is 412 g/mol. The highest BCUT2D eigenvalue weighted by Crippen LogP contribution is 2.20. The van der Waals surface area contributed by atoms with Crippen LogP contribution in [0.1, 0.15) is 11.1 Å². The number of halogens is 3. The van der Waals surface area contributed by atoms with Crippen molar-refractivity contribution in [2.24, 2.45) is 5.16 Å². The summed E-state index contributed by atoms with van der Waals surface area (Å²) in [4.78, 5) is 16.7. The zero-order chi connectivity index (χ0) is 18.2. The molecule has 0 saturated heterocycles. The topological polar surface area (TPSA) is 59.9 Å². The Kier molecular flexibility index (Phi) is 6.88. The third-order valence-electron chi connectivity index (χ3n) is 3.04. The van der Waals surface area contributed by atoms with Gasteiger partial charge in [0.25, 0.3) is 5.91 Å². The van der Waals surface area contributed by atoms with Crippen molar-refractivity contribution in [2.75, 3.05) is 11.9 Å². The van der Waals surface area contributed by atoms with Gasteiger partial charge in [-0.1, -0.05) is 33.2 Å². The van der Waals surface area contributed by atoms with E-state index < -0.39 is 12.5 Å². The Labute approximate surface area is 151 Å². The lowest BCUT2D eigenvalue weighted by molar-refractivity contribution is -0.120. The minimum atomic E-state index is -2.93. The molecule has 0 spiro atoms. The minimum Gasteiger partial charge on any atom is -0.434 e. The van der Waals surface area contributed by atoms with E-state index in [1.165, 1.54) is 18.3 Å². The molecule has 1 N–H and O–H groups in total. The third-order valence-corrected chi connectivity index (χ3v) is 3.93. The first-order valence-corrected chi connectivity index (χ1v) is 8.00. The molecule has 1 amide bonds. The summed E-state index contributed by atoms with van der Waals surface area (Å²) in [6.45, 7) is -1.35. The van der Waals surface area contributed by atoms with Crippen LogP contribution in [0.4, 0.5) is 14.5 Å². The summed E-state index contributed by atoms with van der Waals surface area (Å²) in [6.07, 6.45) is 1.20. The first kappa shape index (κ1) is 18.9. The van der Waals surface area contributed by atoms with Crippen molar-refractivity contribution in [3.63, 3.8) is 0 Å². The molecule has 0 saturated carbocycles. The minimum absolute atomic E-state index is 0.0281. The van der Waals surface area contributed by atoms with Crippen molar-refractivity contribution in [1.82, 2.24) is 0 Å². The van der Waals surface area contributed by atoms with Gasteiger partial charge in [-0.05, 0) is 42.8 Å². The standard InChI is InChI=1S/C17H15BrF2N2O3/c1-11-8-13(6-7-14(11)18)22-16(23)10-24-21-9-12-4-2-3-5-15(12)25-17(19)20/h2-9,17H,10H2,1H3,(H,22,23)/b21-9+. The zero-order valence-corrected chi connectivity index (χ0v) is 14.8. The second-order valence-electron chi connectivity index (χ2n) is 4.94. The van der Waals surface area contributed by atoms with Crippen LogP contribution in [0.2, 0.25) is 0 Å². The van der Waals surface area contributed by atoms with Crippen molar-refractivity contribution in [1.29, 1.82) is 0 Å². The maximum absolute atomic E-state index is 12.3. The lowest BCUT2D eigenvalue weighted by Crippen LogP contribution is -2.17. The van der Waals surface area contributed by atoms with Gasteiger partial charge in [0.05, 0.1) is 6.21 Å². The molecule has 0 atom stereocenters. The van der Waals surface area contributed by atoms with Crippen LogP contribution in [0, 0.1) is 6.92 Å². The number of anilines is 1. The summed E-state index contributed by atoms with van der Waals surface area (Å²) in [5.74, 6) is -0.421. The summed E-state index contributed by atoms with van der Waals surface area (Å²) in [7, 11) is 0. The first-order chi connectivity index (χ1) is 12.0. The van der Waals surface area contributed by atoms with E-state index in [0.717, 1.165) is 10.0 Å². The summed E-state index contributed by atoms with van der Waals surface area (Å²) < 4.78 is 29.9. The van der Waals surface area contributed by atoms with Gasteiger partial charge in [0.1, 0.15) is 5.75 Å². The largest absolute Gasteiger partial charge is 0.434 e. The Balaban J connectivity index is 1.86. The molecule has 2 aromatic rings. The molecule has 2 aromatic carbocycles. The number of nitrogens with one attached hydrogen (secondary N) is 1. The van der Waals surface area contributed by atoms with Crippen LogP contribution < -0.4 is 10.1 Å². The lowest BCUT2D eigenvalue weighted by atomic mass is 10.2. The average molecular weight is 413 g/mol. The highest BCUT2D eigenvalue weighted by atomic mass is 79.9. The highest BCUT2D eigenvalue weighted by Gasteiger charge is 2.08. The van der Waals surface area contributed by atoms with Gasteiger partial charge in [-0.3, -0.25) is 4.79 Å². The van der Waals surface area contributed by atoms with Crippen LogP contribution in [-0.2, 0) is 9.63 Å². The Bertz CT molecular complexity index is 769. The third kappa shape index (κ3) is 6.15. The van der Waals surface area contributed by atoms with E-state index in [-0.39, 0.29) is 12.4 Å². The Morgan fingerprint density at radius 2 is 2.08 bits per heavy atom.